The Morgan fingerprint density at radius 3 is 2.48 bits per heavy atom. The number of halogens is 4. The number of imidazole rings is 1. The SMILES string of the molecule is Cc1cc(F)c(-c2nc3cc(C(F)(F)F)nnc3n2C)nc1C(=O)O. The summed E-state index contributed by atoms with van der Waals surface area (Å²) in [5.74, 6) is -2.38. The maximum absolute atomic E-state index is 14.2. The summed E-state index contributed by atoms with van der Waals surface area (Å²) in [6, 6.07) is 1.65. The van der Waals surface area contributed by atoms with E-state index in [0.717, 1.165) is 6.07 Å². The predicted octanol–water partition coefficient (Wildman–Crippen LogP) is 2.59. The van der Waals surface area contributed by atoms with Gasteiger partial charge in [0.15, 0.2) is 28.7 Å². The number of nitrogens with zero attached hydrogens (tertiary/aromatic N) is 5. The average Bonchev–Trinajstić information content (AvgIpc) is 2.82. The zero-order valence-corrected chi connectivity index (χ0v) is 12.8. The van der Waals surface area contributed by atoms with Crippen LogP contribution in [0.3, 0.4) is 0 Å². The maximum atomic E-state index is 14.2. The van der Waals surface area contributed by atoms with Crippen molar-refractivity contribution < 1.29 is 27.5 Å². The number of fused-ring (bicyclic) bond motifs is 1. The third-order valence-electron chi connectivity index (χ3n) is 3.49. The molecule has 25 heavy (non-hydrogen) atoms. The fraction of sp³-hybridized carbons (Fsp3) is 0.214. The van der Waals surface area contributed by atoms with E-state index in [1.54, 1.807) is 0 Å². The number of aryl methyl sites for hydroxylation is 2. The van der Waals surface area contributed by atoms with Gasteiger partial charge in [-0.15, -0.1) is 10.2 Å². The number of hydrogen-bond donors (Lipinski definition) is 1. The van der Waals surface area contributed by atoms with Crippen molar-refractivity contribution in [3.8, 4) is 11.5 Å². The molecule has 1 N–H and O–H groups in total. The molecule has 3 aromatic rings. The van der Waals surface area contributed by atoms with Crippen LogP contribution in [-0.4, -0.2) is 35.8 Å². The van der Waals surface area contributed by atoms with E-state index in [4.69, 9.17) is 5.11 Å². The summed E-state index contributed by atoms with van der Waals surface area (Å²) in [6.07, 6.45) is -4.71. The molecule has 0 bridgehead atoms. The van der Waals surface area contributed by atoms with Crippen LogP contribution in [0.5, 0.6) is 0 Å². The number of alkyl halides is 3. The number of aromatic carboxylic acids is 1. The largest absolute Gasteiger partial charge is 0.477 e. The predicted molar refractivity (Wildman–Crippen MR) is 76.2 cm³/mol. The van der Waals surface area contributed by atoms with E-state index in [2.05, 4.69) is 20.2 Å². The molecule has 3 heterocycles. The number of carbonyl (C=O) groups is 1. The first-order chi connectivity index (χ1) is 11.6. The van der Waals surface area contributed by atoms with Crippen LogP contribution in [0.2, 0.25) is 0 Å². The first kappa shape index (κ1) is 16.7. The van der Waals surface area contributed by atoms with E-state index in [0.29, 0.717) is 6.07 Å². The van der Waals surface area contributed by atoms with Crippen LogP contribution >= 0.6 is 0 Å². The third kappa shape index (κ3) is 2.77. The van der Waals surface area contributed by atoms with E-state index in [-0.39, 0.29) is 28.2 Å². The molecular weight excluding hydrogens is 346 g/mol. The fourth-order valence-electron chi connectivity index (χ4n) is 2.29. The minimum atomic E-state index is -4.71. The van der Waals surface area contributed by atoms with Crippen molar-refractivity contribution >= 4 is 17.1 Å². The molecule has 0 unspecified atom stereocenters. The number of carboxylic acid groups (broad SMARTS) is 1. The lowest BCUT2D eigenvalue weighted by Crippen LogP contribution is -2.09. The Kier molecular flexibility index (Phi) is 3.66. The molecule has 0 amide bonds. The highest BCUT2D eigenvalue weighted by atomic mass is 19.4. The summed E-state index contributed by atoms with van der Waals surface area (Å²) in [5, 5.41) is 15.6. The van der Waals surface area contributed by atoms with Gasteiger partial charge in [-0.05, 0) is 18.6 Å². The van der Waals surface area contributed by atoms with Gasteiger partial charge < -0.3 is 9.67 Å². The van der Waals surface area contributed by atoms with Crippen LogP contribution in [0, 0.1) is 12.7 Å². The van der Waals surface area contributed by atoms with Crippen molar-refractivity contribution in [2.45, 2.75) is 13.1 Å². The lowest BCUT2D eigenvalue weighted by atomic mass is 10.2. The highest BCUT2D eigenvalue weighted by molar-refractivity contribution is 5.88. The van der Waals surface area contributed by atoms with Gasteiger partial charge in [0.2, 0.25) is 0 Å². The lowest BCUT2D eigenvalue weighted by molar-refractivity contribution is -0.141. The third-order valence-corrected chi connectivity index (χ3v) is 3.49. The van der Waals surface area contributed by atoms with Crippen molar-refractivity contribution in [3.63, 3.8) is 0 Å². The smallest absolute Gasteiger partial charge is 0.435 e. The van der Waals surface area contributed by atoms with Gasteiger partial charge in [0.05, 0.1) is 0 Å². The molecule has 130 valence electrons. The minimum Gasteiger partial charge on any atom is -0.477 e. The first-order valence-electron chi connectivity index (χ1n) is 6.77. The summed E-state index contributed by atoms with van der Waals surface area (Å²) >= 11 is 0. The van der Waals surface area contributed by atoms with Crippen molar-refractivity contribution in [1.29, 1.82) is 0 Å². The van der Waals surface area contributed by atoms with Crippen molar-refractivity contribution in [3.05, 3.63) is 34.9 Å². The summed E-state index contributed by atoms with van der Waals surface area (Å²) in [4.78, 5) is 18.8. The van der Waals surface area contributed by atoms with Crippen molar-refractivity contribution in [1.82, 2.24) is 24.7 Å². The summed E-state index contributed by atoms with van der Waals surface area (Å²) in [5.41, 5.74) is -2.12. The summed E-state index contributed by atoms with van der Waals surface area (Å²) in [7, 11) is 1.38. The number of carboxylic acids is 1. The topological polar surface area (TPSA) is 93.8 Å². The average molecular weight is 355 g/mol. The molecule has 0 aliphatic heterocycles. The van der Waals surface area contributed by atoms with Gasteiger partial charge in [-0.2, -0.15) is 13.2 Å². The second-order valence-electron chi connectivity index (χ2n) is 5.22. The molecule has 11 heteroatoms. The molecule has 0 spiro atoms. The summed E-state index contributed by atoms with van der Waals surface area (Å²) < 4.78 is 53.6. The van der Waals surface area contributed by atoms with Gasteiger partial charge in [0, 0.05) is 13.1 Å². The lowest BCUT2D eigenvalue weighted by Gasteiger charge is -2.06. The summed E-state index contributed by atoms with van der Waals surface area (Å²) in [6.45, 7) is 1.37. The van der Waals surface area contributed by atoms with Crippen LogP contribution in [0.15, 0.2) is 12.1 Å². The fourth-order valence-corrected chi connectivity index (χ4v) is 2.29. The van der Waals surface area contributed by atoms with Crippen LogP contribution < -0.4 is 0 Å². The molecule has 3 rings (SSSR count). The Hall–Kier alpha value is -3.11. The van der Waals surface area contributed by atoms with Crippen LogP contribution in [0.4, 0.5) is 17.6 Å². The van der Waals surface area contributed by atoms with Crippen molar-refractivity contribution in [2.75, 3.05) is 0 Å². The Morgan fingerprint density at radius 2 is 1.88 bits per heavy atom. The van der Waals surface area contributed by atoms with E-state index < -0.39 is 29.4 Å². The molecule has 0 fully saturated rings. The molecule has 0 aliphatic carbocycles. The van der Waals surface area contributed by atoms with Gasteiger partial charge in [0.25, 0.3) is 0 Å². The monoisotopic (exact) mass is 355 g/mol. The van der Waals surface area contributed by atoms with E-state index in [1.165, 1.54) is 18.5 Å². The zero-order chi connectivity index (χ0) is 18.5. The highest BCUT2D eigenvalue weighted by Gasteiger charge is 2.34. The number of rotatable bonds is 2. The molecule has 0 saturated heterocycles. The molecule has 0 aromatic carbocycles. The second kappa shape index (κ2) is 5.46. The van der Waals surface area contributed by atoms with Crippen LogP contribution in [-0.2, 0) is 13.2 Å². The van der Waals surface area contributed by atoms with Gasteiger partial charge >= 0.3 is 12.1 Å². The quantitative estimate of drug-likeness (QED) is 0.710. The number of pyridine rings is 1. The van der Waals surface area contributed by atoms with E-state index >= 15 is 0 Å². The van der Waals surface area contributed by atoms with Gasteiger partial charge in [-0.3, -0.25) is 0 Å². The molecule has 0 atom stereocenters. The van der Waals surface area contributed by atoms with E-state index in [9.17, 15) is 22.4 Å². The Bertz CT molecular complexity index is 1010. The number of hydrogen-bond acceptors (Lipinski definition) is 5. The van der Waals surface area contributed by atoms with Gasteiger partial charge in [-0.25, -0.2) is 19.2 Å². The zero-order valence-electron chi connectivity index (χ0n) is 12.8. The van der Waals surface area contributed by atoms with Gasteiger partial charge in [-0.1, -0.05) is 0 Å². The van der Waals surface area contributed by atoms with Crippen LogP contribution in [0.25, 0.3) is 22.7 Å². The molecule has 0 saturated carbocycles. The number of aromatic nitrogens is 5. The molecular formula is C14H9F4N5O2. The molecule has 7 nitrogen and oxygen atoms in total. The van der Waals surface area contributed by atoms with Crippen LogP contribution in [0.1, 0.15) is 21.7 Å². The molecule has 0 aliphatic rings. The normalized spacial score (nSPS) is 11.9. The van der Waals surface area contributed by atoms with E-state index in [1.807, 2.05) is 0 Å². The molecule has 3 aromatic heterocycles. The Balaban J connectivity index is 2.25. The van der Waals surface area contributed by atoms with Crippen molar-refractivity contribution in [2.24, 2.45) is 7.05 Å². The Labute approximate surface area is 137 Å². The maximum Gasteiger partial charge on any atom is 0.435 e. The highest BCUT2D eigenvalue weighted by Crippen LogP contribution is 2.30. The molecule has 0 radical (unpaired) electrons. The van der Waals surface area contributed by atoms with Gasteiger partial charge in [0.1, 0.15) is 11.2 Å². The standard InChI is InChI=1S/C14H9F4N5O2/c1-5-3-6(15)10(20-9(5)13(24)25)12-19-7-4-8(14(16,17)18)21-22-11(7)23(12)2/h3-4H,1-2H3,(H,24,25). The first-order valence-corrected chi connectivity index (χ1v) is 6.77. The Morgan fingerprint density at radius 1 is 1.20 bits per heavy atom. The second-order valence-corrected chi connectivity index (χ2v) is 5.22. The minimum absolute atomic E-state index is 0.0262.